The minimum Gasteiger partial charge on any atom is -0.480 e. The molecule has 0 radical (unpaired) electrons. The van der Waals surface area contributed by atoms with Gasteiger partial charge in [0.25, 0.3) is 0 Å². The zero-order chi connectivity index (χ0) is 25.3. The molecule has 0 fully saturated rings. The van der Waals surface area contributed by atoms with E-state index in [-0.39, 0.29) is 18.8 Å². The van der Waals surface area contributed by atoms with Gasteiger partial charge in [0.2, 0.25) is 0 Å². The van der Waals surface area contributed by atoms with Crippen molar-refractivity contribution in [2.45, 2.75) is 71.3 Å². The lowest BCUT2D eigenvalue weighted by Gasteiger charge is -2.22. The van der Waals surface area contributed by atoms with Crippen molar-refractivity contribution in [1.82, 2.24) is 5.32 Å². The van der Waals surface area contributed by atoms with Crippen molar-refractivity contribution in [2.24, 2.45) is 11.7 Å². The van der Waals surface area contributed by atoms with Crippen LogP contribution in [0.5, 0.6) is 0 Å². The van der Waals surface area contributed by atoms with Gasteiger partial charge in [0.1, 0.15) is 17.7 Å². The number of carboxylic acids is 2. The van der Waals surface area contributed by atoms with Gasteiger partial charge in [-0.2, -0.15) is 13.2 Å². The first-order chi connectivity index (χ1) is 14.4. The van der Waals surface area contributed by atoms with Crippen LogP contribution in [0.3, 0.4) is 0 Å². The fraction of sp³-hybridized carbons (Fsp3) is 0.571. The van der Waals surface area contributed by atoms with Crippen molar-refractivity contribution in [2.75, 3.05) is 0 Å². The summed E-state index contributed by atoms with van der Waals surface area (Å²) in [7, 11) is 0. The van der Waals surface area contributed by atoms with Gasteiger partial charge in [-0.3, -0.25) is 4.79 Å². The molecule has 8 nitrogen and oxygen atoms in total. The lowest BCUT2D eigenvalue weighted by Crippen LogP contribution is -2.43. The van der Waals surface area contributed by atoms with E-state index >= 15 is 0 Å². The van der Waals surface area contributed by atoms with Crippen LogP contribution in [0.4, 0.5) is 18.0 Å². The predicted octanol–water partition coefficient (Wildman–Crippen LogP) is 3.67. The normalized spacial score (nSPS) is 13.4. The van der Waals surface area contributed by atoms with E-state index in [1.165, 1.54) is 12.1 Å². The molecule has 0 unspecified atom stereocenters. The van der Waals surface area contributed by atoms with Crippen molar-refractivity contribution >= 4 is 18.0 Å². The summed E-state index contributed by atoms with van der Waals surface area (Å²) in [6.07, 6.45) is -5.05. The third-order valence-electron chi connectivity index (χ3n) is 4.00. The van der Waals surface area contributed by atoms with Gasteiger partial charge >= 0.3 is 24.2 Å². The average Bonchev–Trinajstić information content (AvgIpc) is 2.62. The number of rotatable bonds is 7. The number of nitrogens with one attached hydrogen (secondary N) is 1. The van der Waals surface area contributed by atoms with Crippen molar-refractivity contribution in [3.63, 3.8) is 0 Å². The van der Waals surface area contributed by atoms with Gasteiger partial charge in [0.05, 0.1) is 5.56 Å². The van der Waals surface area contributed by atoms with E-state index in [1.807, 2.05) is 0 Å². The Balaban J connectivity index is 0.00000102. The second-order valence-electron chi connectivity index (χ2n) is 8.38. The smallest absolute Gasteiger partial charge is 0.416 e. The zero-order valence-corrected chi connectivity index (χ0v) is 18.7. The molecule has 0 aromatic heterocycles. The molecule has 5 N–H and O–H groups in total. The van der Waals surface area contributed by atoms with Crippen molar-refractivity contribution in [1.29, 1.82) is 0 Å². The Kier molecular flexibility index (Phi) is 11.2. The Morgan fingerprint density at radius 2 is 1.53 bits per heavy atom. The second kappa shape index (κ2) is 12.3. The standard InChI is InChI=1S/C16H20F3NO4.C5H11NO2/c1-15(2,3)24-14(23)20-12(13(21)22)9-6-10-4-7-11(8-5-10)16(17,18)19;1-3(2)4(6)5(7)8/h4-5,7-8,12H,6,9H2,1-3H3,(H,20,23)(H,21,22);3-4H,6H2,1-2H3,(H,7,8)/t12-;4-/m10/s1. The molecule has 2 atom stereocenters. The summed E-state index contributed by atoms with van der Waals surface area (Å²) in [5, 5.41) is 19.6. The number of carboxylic acid groups (broad SMARTS) is 2. The van der Waals surface area contributed by atoms with Gasteiger partial charge in [-0.05, 0) is 57.2 Å². The summed E-state index contributed by atoms with van der Waals surface area (Å²) in [6, 6.07) is 2.54. The predicted molar refractivity (Wildman–Crippen MR) is 111 cm³/mol. The number of alkyl carbamates (subject to hydrolysis) is 1. The van der Waals surface area contributed by atoms with Crippen LogP contribution in [0.15, 0.2) is 24.3 Å². The lowest BCUT2D eigenvalue weighted by molar-refractivity contribution is -0.140. The van der Waals surface area contributed by atoms with Crippen LogP contribution in [0, 0.1) is 5.92 Å². The number of hydrogen-bond acceptors (Lipinski definition) is 5. The lowest BCUT2D eigenvalue weighted by atomic mass is 10.0. The molecule has 1 aromatic carbocycles. The van der Waals surface area contributed by atoms with E-state index in [0.29, 0.717) is 5.56 Å². The third-order valence-corrected chi connectivity index (χ3v) is 4.00. The van der Waals surface area contributed by atoms with Crippen molar-refractivity contribution in [3.05, 3.63) is 35.4 Å². The number of halogens is 3. The van der Waals surface area contributed by atoms with E-state index in [2.05, 4.69) is 5.32 Å². The molecule has 0 aliphatic heterocycles. The molecule has 1 aromatic rings. The summed E-state index contributed by atoms with van der Waals surface area (Å²) in [5.74, 6) is -2.15. The van der Waals surface area contributed by atoms with Gasteiger partial charge in [-0.1, -0.05) is 26.0 Å². The number of benzene rings is 1. The first-order valence-corrected chi connectivity index (χ1v) is 9.81. The Bertz CT molecular complexity index is 758. The fourth-order valence-corrected chi connectivity index (χ4v) is 2.16. The first-order valence-electron chi connectivity index (χ1n) is 9.81. The molecule has 1 amide bonds. The SMILES string of the molecule is CC(C)(C)OC(=O)N[C@H](CCc1ccc(C(F)(F)F)cc1)C(=O)O.CC(C)[C@H](N)C(=O)O. The molecular formula is C21H31F3N2O6. The maximum absolute atomic E-state index is 12.5. The second-order valence-corrected chi connectivity index (χ2v) is 8.38. The number of aryl methyl sites for hydroxylation is 1. The van der Waals surface area contributed by atoms with Gasteiger partial charge in [0, 0.05) is 0 Å². The summed E-state index contributed by atoms with van der Waals surface area (Å²) < 4.78 is 42.4. The minimum atomic E-state index is -4.42. The molecule has 0 heterocycles. The van der Waals surface area contributed by atoms with E-state index in [1.54, 1.807) is 34.6 Å². The molecule has 0 spiro atoms. The Morgan fingerprint density at radius 3 is 1.84 bits per heavy atom. The number of carbonyl (C=O) groups is 3. The van der Waals surface area contributed by atoms with Crippen LogP contribution in [-0.2, 0) is 26.9 Å². The van der Waals surface area contributed by atoms with Crippen LogP contribution in [-0.4, -0.2) is 45.9 Å². The Labute approximate surface area is 184 Å². The highest BCUT2D eigenvalue weighted by atomic mass is 19.4. The minimum absolute atomic E-state index is 0.0208. The number of amides is 1. The Hall–Kier alpha value is -2.82. The zero-order valence-electron chi connectivity index (χ0n) is 18.7. The van der Waals surface area contributed by atoms with Crippen LogP contribution < -0.4 is 11.1 Å². The maximum Gasteiger partial charge on any atom is 0.416 e. The highest BCUT2D eigenvalue weighted by molar-refractivity contribution is 5.80. The van der Waals surface area contributed by atoms with Gasteiger partial charge in [0.15, 0.2) is 0 Å². The summed E-state index contributed by atoms with van der Waals surface area (Å²) >= 11 is 0. The van der Waals surface area contributed by atoms with Gasteiger partial charge < -0.3 is 26.0 Å². The van der Waals surface area contributed by atoms with Crippen LogP contribution in [0.1, 0.15) is 52.2 Å². The van der Waals surface area contributed by atoms with Crippen molar-refractivity contribution in [3.8, 4) is 0 Å². The molecular weight excluding hydrogens is 433 g/mol. The van der Waals surface area contributed by atoms with Crippen LogP contribution in [0.25, 0.3) is 0 Å². The maximum atomic E-state index is 12.5. The number of alkyl halides is 3. The number of hydrogen-bond donors (Lipinski definition) is 4. The number of nitrogens with two attached hydrogens (primary N) is 1. The highest BCUT2D eigenvalue weighted by Gasteiger charge is 2.30. The number of aliphatic carboxylic acids is 2. The van der Waals surface area contributed by atoms with E-state index in [4.69, 9.17) is 20.7 Å². The van der Waals surface area contributed by atoms with Crippen molar-refractivity contribution < 1.29 is 42.5 Å². The molecule has 0 saturated heterocycles. The first kappa shape index (κ1) is 29.2. The molecule has 0 saturated carbocycles. The van der Waals surface area contributed by atoms with Crippen LogP contribution in [0.2, 0.25) is 0 Å². The van der Waals surface area contributed by atoms with Gasteiger partial charge in [-0.15, -0.1) is 0 Å². The summed E-state index contributed by atoms with van der Waals surface area (Å²) in [6.45, 7) is 8.48. The highest BCUT2D eigenvalue weighted by Crippen LogP contribution is 2.29. The van der Waals surface area contributed by atoms with Gasteiger partial charge in [-0.25, -0.2) is 9.59 Å². The molecule has 32 heavy (non-hydrogen) atoms. The average molecular weight is 464 g/mol. The third kappa shape index (κ3) is 12.1. The molecule has 182 valence electrons. The van der Waals surface area contributed by atoms with E-state index in [9.17, 15) is 27.6 Å². The molecule has 0 bridgehead atoms. The molecule has 0 aliphatic rings. The van der Waals surface area contributed by atoms with Crippen LogP contribution >= 0.6 is 0 Å². The topological polar surface area (TPSA) is 139 Å². The molecule has 11 heteroatoms. The van der Waals surface area contributed by atoms with E-state index < -0.39 is 47.5 Å². The monoisotopic (exact) mass is 464 g/mol. The fourth-order valence-electron chi connectivity index (χ4n) is 2.16. The summed E-state index contributed by atoms with van der Waals surface area (Å²) in [5.41, 5.74) is 4.17. The molecule has 1 rings (SSSR count). The quantitative estimate of drug-likeness (QED) is 0.483. The van der Waals surface area contributed by atoms with E-state index in [0.717, 1.165) is 12.1 Å². The molecule has 0 aliphatic carbocycles. The number of ether oxygens (including phenoxy) is 1. The number of carbonyl (C=O) groups excluding carboxylic acids is 1. The largest absolute Gasteiger partial charge is 0.480 e. The summed E-state index contributed by atoms with van der Waals surface area (Å²) in [4.78, 5) is 32.8. The Morgan fingerprint density at radius 1 is 1.03 bits per heavy atom.